The fraction of sp³-hybridized carbons (Fsp3) is 0.647. The number of rotatable bonds is 4. The second kappa shape index (κ2) is 6.42. The van der Waals surface area contributed by atoms with E-state index in [4.69, 9.17) is 0 Å². The van der Waals surface area contributed by atoms with Crippen LogP contribution in [0.3, 0.4) is 0 Å². The van der Waals surface area contributed by atoms with Gasteiger partial charge in [-0.1, -0.05) is 32.4 Å². The maximum absolute atomic E-state index is 3.71. The summed E-state index contributed by atoms with van der Waals surface area (Å²) in [4.78, 5) is 2.64. The van der Waals surface area contributed by atoms with E-state index in [-0.39, 0.29) is 0 Å². The summed E-state index contributed by atoms with van der Waals surface area (Å²) >= 11 is 0. The normalized spacial score (nSPS) is 23.7. The largest absolute Gasteiger partial charge is 0.365 e. The van der Waals surface area contributed by atoms with Crippen molar-refractivity contribution in [2.24, 2.45) is 0 Å². The number of piperazine rings is 1. The molecule has 1 heterocycles. The molecule has 2 heteroatoms. The molecule has 1 aromatic rings. The molecule has 2 rings (SSSR count). The Morgan fingerprint density at radius 3 is 2.74 bits per heavy atom. The minimum absolute atomic E-state index is 0.633. The van der Waals surface area contributed by atoms with Crippen LogP contribution >= 0.6 is 0 Å². The summed E-state index contributed by atoms with van der Waals surface area (Å²) in [6.45, 7) is 11.3. The number of benzene rings is 1. The summed E-state index contributed by atoms with van der Waals surface area (Å²) in [5, 5.41) is 3.71. The van der Waals surface area contributed by atoms with Gasteiger partial charge in [-0.25, -0.2) is 0 Å². The summed E-state index contributed by atoms with van der Waals surface area (Å²) < 4.78 is 0. The van der Waals surface area contributed by atoms with Crippen LogP contribution in [0, 0.1) is 13.8 Å². The second-order valence-corrected chi connectivity index (χ2v) is 5.83. The molecule has 0 aromatic heterocycles. The molecule has 2 atom stereocenters. The van der Waals surface area contributed by atoms with E-state index in [0.717, 1.165) is 13.1 Å². The highest BCUT2D eigenvalue weighted by atomic mass is 15.2. The van der Waals surface area contributed by atoms with E-state index in [2.05, 4.69) is 56.1 Å². The highest BCUT2D eigenvalue weighted by molar-refractivity contribution is 5.57. The van der Waals surface area contributed by atoms with Gasteiger partial charge in [-0.3, -0.25) is 0 Å². The lowest BCUT2D eigenvalue weighted by molar-refractivity contribution is 0.369. The van der Waals surface area contributed by atoms with Gasteiger partial charge in [-0.05, 0) is 43.9 Å². The molecule has 0 bridgehead atoms. The molecule has 1 aromatic carbocycles. The molecule has 1 aliphatic rings. The third kappa shape index (κ3) is 3.11. The number of nitrogens with zero attached hydrogens (tertiary/aromatic N) is 1. The maximum atomic E-state index is 3.71. The lowest BCUT2D eigenvalue weighted by atomic mass is 10.00. The molecular weight excluding hydrogens is 232 g/mol. The summed E-state index contributed by atoms with van der Waals surface area (Å²) in [6.07, 6.45) is 3.74. The van der Waals surface area contributed by atoms with E-state index in [0.29, 0.717) is 12.1 Å². The molecule has 1 fully saturated rings. The zero-order chi connectivity index (χ0) is 13.8. The Hall–Kier alpha value is -1.02. The average molecular weight is 260 g/mol. The van der Waals surface area contributed by atoms with Crippen LogP contribution in [0.5, 0.6) is 0 Å². The van der Waals surface area contributed by atoms with Crippen LogP contribution in [0.15, 0.2) is 18.2 Å². The standard InChI is InChI=1S/C17H28N2/c1-5-8-15-12-19(16(6-2)11-18-15)17-10-7-9-13(3)14(17)4/h7,9-10,15-16,18H,5-6,8,11-12H2,1-4H3. The van der Waals surface area contributed by atoms with Crippen LogP contribution in [0.1, 0.15) is 44.2 Å². The molecule has 1 saturated heterocycles. The van der Waals surface area contributed by atoms with Crippen molar-refractivity contribution in [3.05, 3.63) is 29.3 Å². The lowest BCUT2D eigenvalue weighted by Gasteiger charge is -2.42. The minimum atomic E-state index is 0.633. The zero-order valence-corrected chi connectivity index (χ0v) is 12.9. The molecule has 1 N–H and O–H groups in total. The smallest absolute Gasteiger partial charge is 0.0412 e. The van der Waals surface area contributed by atoms with Crippen LogP contribution in [0.4, 0.5) is 5.69 Å². The van der Waals surface area contributed by atoms with Gasteiger partial charge >= 0.3 is 0 Å². The number of anilines is 1. The lowest BCUT2D eigenvalue weighted by Crippen LogP contribution is -2.56. The quantitative estimate of drug-likeness (QED) is 0.889. The predicted octanol–water partition coefficient (Wildman–Crippen LogP) is 3.66. The zero-order valence-electron chi connectivity index (χ0n) is 12.9. The van der Waals surface area contributed by atoms with Crippen molar-refractivity contribution in [1.82, 2.24) is 5.32 Å². The minimum Gasteiger partial charge on any atom is -0.365 e. The summed E-state index contributed by atoms with van der Waals surface area (Å²) in [5.41, 5.74) is 4.28. The fourth-order valence-corrected chi connectivity index (χ4v) is 3.11. The van der Waals surface area contributed by atoms with Gasteiger partial charge in [-0.15, -0.1) is 0 Å². The molecule has 2 nitrogen and oxygen atoms in total. The van der Waals surface area contributed by atoms with Crippen molar-refractivity contribution in [3.8, 4) is 0 Å². The number of hydrogen-bond donors (Lipinski definition) is 1. The van der Waals surface area contributed by atoms with Crippen molar-refractivity contribution in [2.75, 3.05) is 18.0 Å². The van der Waals surface area contributed by atoms with Crippen LogP contribution in [-0.4, -0.2) is 25.2 Å². The Balaban J connectivity index is 2.24. The van der Waals surface area contributed by atoms with Crippen LogP contribution < -0.4 is 10.2 Å². The number of hydrogen-bond acceptors (Lipinski definition) is 2. The molecule has 0 aliphatic carbocycles. The summed E-state index contributed by atoms with van der Waals surface area (Å²) in [6, 6.07) is 7.98. The summed E-state index contributed by atoms with van der Waals surface area (Å²) in [7, 11) is 0. The van der Waals surface area contributed by atoms with Gasteiger partial charge in [0.2, 0.25) is 0 Å². The maximum Gasteiger partial charge on any atom is 0.0412 e. The van der Waals surface area contributed by atoms with Gasteiger partial charge in [0.1, 0.15) is 0 Å². The molecule has 0 radical (unpaired) electrons. The first-order valence-corrected chi connectivity index (χ1v) is 7.73. The van der Waals surface area contributed by atoms with Crippen LogP contribution in [0.2, 0.25) is 0 Å². The van der Waals surface area contributed by atoms with E-state index in [1.54, 1.807) is 0 Å². The van der Waals surface area contributed by atoms with Crippen LogP contribution in [-0.2, 0) is 0 Å². The van der Waals surface area contributed by atoms with E-state index in [1.165, 1.54) is 36.1 Å². The summed E-state index contributed by atoms with van der Waals surface area (Å²) in [5.74, 6) is 0. The van der Waals surface area contributed by atoms with Crippen molar-refractivity contribution in [1.29, 1.82) is 0 Å². The highest BCUT2D eigenvalue weighted by Crippen LogP contribution is 2.27. The van der Waals surface area contributed by atoms with Gasteiger partial charge in [0, 0.05) is 30.9 Å². The van der Waals surface area contributed by atoms with Gasteiger partial charge in [0.15, 0.2) is 0 Å². The molecule has 1 aliphatic heterocycles. The first-order valence-electron chi connectivity index (χ1n) is 7.73. The van der Waals surface area contributed by atoms with Gasteiger partial charge in [0.05, 0.1) is 0 Å². The Labute approximate surface area is 118 Å². The third-order valence-electron chi connectivity index (χ3n) is 4.49. The molecule has 106 valence electrons. The molecular formula is C17H28N2. The molecule has 0 spiro atoms. The van der Waals surface area contributed by atoms with Crippen molar-refractivity contribution >= 4 is 5.69 Å². The van der Waals surface area contributed by atoms with Crippen LogP contribution in [0.25, 0.3) is 0 Å². The van der Waals surface area contributed by atoms with Crippen molar-refractivity contribution in [3.63, 3.8) is 0 Å². The Morgan fingerprint density at radius 2 is 2.05 bits per heavy atom. The molecule has 0 saturated carbocycles. The second-order valence-electron chi connectivity index (χ2n) is 5.83. The Morgan fingerprint density at radius 1 is 1.26 bits per heavy atom. The Bertz CT molecular complexity index is 414. The third-order valence-corrected chi connectivity index (χ3v) is 4.49. The predicted molar refractivity (Wildman–Crippen MR) is 84.0 cm³/mol. The van der Waals surface area contributed by atoms with Gasteiger partial charge < -0.3 is 10.2 Å². The molecule has 19 heavy (non-hydrogen) atoms. The van der Waals surface area contributed by atoms with E-state index in [9.17, 15) is 0 Å². The fourth-order valence-electron chi connectivity index (χ4n) is 3.11. The number of nitrogens with one attached hydrogen (secondary N) is 1. The molecule has 2 unspecified atom stereocenters. The first-order chi connectivity index (χ1) is 9.17. The van der Waals surface area contributed by atoms with Gasteiger partial charge in [-0.2, -0.15) is 0 Å². The highest BCUT2D eigenvalue weighted by Gasteiger charge is 2.27. The molecule has 0 amide bonds. The average Bonchev–Trinajstić information content (AvgIpc) is 2.42. The van der Waals surface area contributed by atoms with Gasteiger partial charge in [0.25, 0.3) is 0 Å². The van der Waals surface area contributed by atoms with Crippen molar-refractivity contribution in [2.45, 2.75) is 59.0 Å². The van der Waals surface area contributed by atoms with E-state index < -0.39 is 0 Å². The number of aryl methyl sites for hydroxylation is 1. The van der Waals surface area contributed by atoms with Crippen molar-refractivity contribution < 1.29 is 0 Å². The first kappa shape index (κ1) is 14.4. The Kier molecular flexibility index (Phi) is 4.87. The van der Waals surface area contributed by atoms with E-state index in [1.807, 2.05) is 0 Å². The van der Waals surface area contributed by atoms with E-state index >= 15 is 0 Å². The topological polar surface area (TPSA) is 15.3 Å². The SMILES string of the molecule is CCCC1CN(c2cccc(C)c2C)C(CC)CN1. The monoisotopic (exact) mass is 260 g/mol.